The van der Waals surface area contributed by atoms with Gasteiger partial charge in [-0.2, -0.15) is 0 Å². The van der Waals surface area contributed by atoms with Gasteiger partial charge in [0.2, 0.25) is 0 Å². The Hall–Kier alpha value is -3.90. The van der Waals surface area contributed by atoms with Gasteiger partial charge in [-0.3, -0.25) is 9.59 Å². The molecule has 3 aromatic rings. The first-order valence-corrected chi connectivity index (χ1v) is 10.2. The van der Waals surface area contributed by atoms with Crippen LogP contribution in [0.1, 0.15) is 21.5 Å². The normalized spacial score (nSPS) is 13.5. The molecule has 0 spiro atoms. The fraction of sp³-hybridized carbons (Fsp3) is 0.0800. The average molecular weight is 447 g/mol. The molecule has 1 aliphatic heterocycles. The monoisotopic (exact) mass is 446 g/mol. The Bertz CT molecular complexity index is 1260. The molecule has 0 aromatic heterocycles. The van der Waals surface area contributed by atoms with E-state index in [4.69, 9.17) is 16.3 Å². The van der Waals surface area contributed by atoms with Crippen LogP contribution in [0.4, 0.5) is 11.4 Å². The van der Waals surface area contributed by atoms with E-state index in [1.807, 2.05) is 32.0 Å². The molecule has 0 aliphatic carbocycles. The number of nitrogens with zero attached hydrogens (tertiary/aromatic N) is 1. The highest BCUT2D eigenvalue weighted by molar-refractivity contribution is 6.53. The molecule has 0 atom stereocenters. The zero-order chi connectivity index (χ0) is 22.8. The van der Waals surface area contributed by atoms with Gasteiger partial charge in [0, 0.05) is 5.69 Å². The molecule has 32 heavy (non-hydrogen) atoms. The van der Waals surface area contributed by atoms with Gasteiger partial charge in [-0.05, 0) is 67.4 Å². The van der Waals surface area contributed by atoms with Crippen molar-refractivity contribution in [3.05, 3.63) is 100 Å². The molecule has 7 heteroatoms. The van der Waals surface area contributed by atoms with E-state index in [1.165, 1.54) is 0 Å². The second-order valence-electron chi connectivity index (χ2n) is 7.33. The molecule has 4 rings (SSSR count). The lowest BCUT2D eigenvalue weighted by Gasteiger charge is -2.15. The van der Waals surface area contributed by atoms with Crippen LogP contribution in [0.5, 0.6) is 5.75 Å². The van der Waals surface area contributed by atoms with Gasteiger partial charge in [0.15, 0.2) is 0 Å². The van der Waals surface area contributed by atoms with Crippen molar-refractivity contribution >= 4 is 40.8 Å². The van der Waals surface area contributed by atoms with Crippen LogP contribution in [-0.2, 0) is 9.59 Å². The van der Waals surface area contributed by atoms with Crippen molar-refractivity contribution in [2.75, 3.05) is 10.2 Å². The summed E-state index contributed by atoms with van der Waals surface area (Å²) >= 11 is 6.18. The summed E-state index contributed by atoms with van der Waals surface area (Å²) in [5.74, 6) is -1.15. The second-order valence-corrected chi connectivity index (χ2v) is 7.71. The van der Waals surface area contributed by atoms with Crippen LogP contribution in [-0.4, -0.2) is 17.8 Å². The van der Waals surface area contributed by atoms with Crippen molar-refractivity contribution in [3.63, 3.8) is 0 Å². The second kappa shape index (κ2) is 8.69. The first-order chi connectivity index (χ1) is 15.3. The summed E-state index contributed by atoms with van der Waals surface area (Å²) in [6, 6.07) is 20.6. The average Bonchev–Trinajstić information content (AvgIpc) is 2.99. The summed E-state index contributed by atoms with van der Waals surface area (Å²) in [6.07, 6.45) is 0. The van der Waals surface area contributed by atoms with E-state index in [-0.39, 0.29) is 10.7 Å². The van der Waals surface area contributed by atoms with E-state index in [2.05, 4.69) is 5.32 Å². The highest BCUT2D eigenvalue weighted by Gasteiger charge is 2.39. The van der Waals surface area contributed by atoms with Gasteiger partial charge in [-0.1, -0.05) is 41.9 Å². The quantitative estimate of drug-likeness (QED) is 0.340. The Balaban J connectivity index is 1.49. The van der Waals surface area contributed by atoms with Gasteiger partial charge < -0.3 is 10.1 Å². The zero-order valence-corrected chi connectivity index (χ0v) is 18.1. The Morgan fingerprint density at radius 3 is 2.31 bits per heavy atom. The third-order valence-corrected chi connectivity index (χ3v) is 5.32. The van der Waals surface area contributed by atoms with Crippen LogP contribution >= 0.6 is 11.6 Å². The maximum absolute atomic E-state index is 12.9. The van der Waals surface area contributed by atoms with Crippen LogP contribution in [0.15, 0.2) is 83.5 Å². The van der Waals surface area contributed by atoms with Crippen molar-refractivity contribution in [1.82, 2.24) is 0 Å². The van der Waals surface area contributed by atoms with Crippen molar-refractivity contribution in [2.24, 2.45) is 0 Å². The van der Waals surface area contributed by atoms with Gasteiger partial charge in [-0.25, -0.2) is 9.69 Å². The number of anilines is 2. The lowest BCUT2D eigenvalue weighted by molar-refractivity contribution is -0.120. The molecule has 0 unspecified atom stereocenters. The van der Waals surface area contributed by atoms with Gasteiger partial charge in [0.25, 0.3) is 11.8 Å². The highest BCUT2D eigenvalue weighted by Crippen LogP contribution is 2.30. The third kappa shape index (κ3) is 4.13. The largest absolute Gasteiger partial charge is 0.423 e. The molecular weight excluding hydrogens is 428 g/mol. The molecule has 2 amide bonds. The molecular formula is C25H19ClN2O4. The van der Waals surface area contributed by atoms with E-state index < -0.39 is 17.8 Å². The summed E-state index contributed by atoms with van der Waals surface area (Å²) in [6.45, 7) is 3.72. The minimum atomic E-state index is -0.594. The molecule has 160 valence electrons. The van der Waals surface area contributed by atoms with E-state index >= 15 is 0 Å². The van der Waals surface area contributed by atoms with E-state index in [9.17, 15) is 14.4 Å². The number of rotatable bonds is 5. The first-order valence-electron chi connectivity index (χ1n) is 9.85. The molecule has 1 N–H and O–H groups in total. The van der Waals surface area contributed by atoms with Crippen LogP contribution in [0.25, 0.3) is 0 Å². The number of aryl methyl sites for hydroxylation is 2. The number of carbonyl (C=O) groups is 3. The Kier molecular flexibility index (Phi) is 5.79. The number of halogens is 1. The number of imide groups is 1. The lowest BCUT2D eigenvalue weighted by Crippen LogP contribution is -2.32. The minimum absolute atomic E-state index is 0.0200. The van der Waals surface area contributed by atoms with Crippen LogP contribution in [0.2, 0.25) is 0 Å². The van der Waals surface area contributed by atoms with Crippen molar-refractivity contribution in [1.29, 1.82) is 0 Å². The number of para-hydroxylation sites is 1. The fourth-order valence-corrected chi connectivity index (χ4v) is 3.49. The standard InChI is InChI=1S/C25H19ClN2O4/c1-15-6-5-8-19(14-15)28-23(29)21(26)22(24(28)30)27-18-12-10-17(11-13-18)25(31)32-20-9-4-3-7-16(20)2/h3-14,27H,1-2H3. The number of esters is 1. The van der Waals surface area contributed by atoms with E-state index in [1.54, 1.807) is 54.6 Å². The maximum atomic E-state index is 12.9. The molecule has 3 aromatic carbocycles. The van der Waals surface area contributed by atoms with Gasteiger partial charge in [0.1, 0.15) is 16.5 Å². The molecule has 1 aliphatic rings. The predicted molar refractivity (Wildman–Crippen MR) is 123 cm³/mol. The van der Waals surface area contributed by atoms with Gasteiger partial charge >= 0.3 is 5.97 Å². The number of hydrogen-bond acceptors (Lipinski definition) is 5. The highest BCUT2D eigenvalue weighted by atomic mass is 35.5. The molecule has 0 saturated heterocycles. The van der Waals surface area contributed by atoms with E-state index in [0.29, 0.717) is 22.7 Å². The molecule has 0 fully saturated rings. The summed E-state index contributed by atoms with van der Waals surface area (Å²) in [4.78, 5) is 38.9. The summed E-state index contributed by atoms with van der Waals surface area (Å²) in [7, 11) is 0. The van der Waals surface area contributed by atoms with Crippen molar-refractivity contribution in [2.45, 2.75) is 13.8 Å². The van der Waals surface area contributed by atoms with Crippen molar-refractivity contribution in [3.8, 4) is 5.75 Å². The zero-order valence-electron chi connectivity index (χ0n) is 17.4. The number of benzene rings is 3. The fourth-order valence-electron chi connectivity index (χ4n) is 3.28. The number of carbonyl (C=O) groups excluding carboxylic acids is 3. The lowest BCUT2D eigenvalue weighted by atomic mass is 10.2. The molecule has 0 saturated carbocycles. The summed E-state index contributed by atoms with van der Waals surface area (Å²) < 4.78 is 5.43. The molecule has 0 radical (unpaired) electrons. The van der Waals surface area contributed by atoms with E-state index in [0.717, 1.165) is 16.0 Å². The Morgan fingerprint density at radius 2 is 1.62 bits per heavy atom. The Morgan fingerprint density at radius 1 is 0.906 bits per heavy atom. The number of ether oxygens (including phenoxy) is 1. The molecule has 6 nitrogen and oxygen atoms in total. The maximum Gasteiger partial charge on any atom is 0.343 e. The molecule has 0 bridgehead atoms. The first kappa shape index (κ1) is 21.3. The third-order valence-electron chi connectivity index (χ3n) is 4.97. The smallest absolute Gasteiger partial charge is 0.343 e. The van der Waals surface area contributed by atoms with Crippen LogP contribution in [0, 0.1) is 13.8 Å². The van der Waals surface area contributed by atoms with Crippen molar-refractivity contribution < 1.29 is 19.1 Å². The van der Waals surface area contributed by atoms with Gasteiger partial charge in [-0.15, -0.1) is 0 Å². The number of amides is 2. The topological polar surface area (TPSA) is 75.7 Å². The SMILES string of the molecule is Cc1cccc(N2C(=O)C(Cl)=C(Nc3ccc(C(=O)Oc4ccccc4C)cc3)C2=O)c1. The minimum Gasteiger partial charge on any atom is -0.423 e. The van der Waals surface area contributed by atoms with Gasteiger partial charge in [0.05, 0.1) is 11.3 Å². The number of hydrogen-bond donors (Lipinski definition) is 1. The van der Waals surface area contributed by atoms with Crippen LogP contribution < -0.4 is 15.0 Å². The summed E-state index contributed by atoms with van der Waals surface area (Å²) in [5.41, 5.74) is 3.03. The predicted octanol–water partition coefficient (Wildman–Crippen LogP) is 4.96. The van der Waals surface area contributed by atoms with Crippen LogP contribution in [0.3, 0.4) is 0 Å². The Labute approximate surface area is 190 Å². The number of nitrogens with one attached hydrogen (secondary N) is 1. The molecule has 1 heterocycles. The summed E-state index contributed by atoms with van der Waals surface area (Å²) in [5, 5.41) is 2.70.